The van der Waals surface area contributed by atoms with Crippen LogP contribution >= 0.6 is 11.3 Å². The van der Waals surface area contributed by atoms with Gasteiger partial charge in [0.15, 0.2) is 10.9 Å². The van der Waals surface area contributed by atoms with Crippen molar-refractivity contribution in [2.75, 3.05) is 25.6 Å². The molecule has 0 saturated heterocycles. The van der Waals surface area contributed by atoms with Crippen LogP contribution in [0.15, 0.2) is 42.5 Å². The number of para-hydroxylation sites is 1. The summed E-state index contributed by atoms with van der Waals surface area (Å²) in [5.74, 6) is 1.50. The number of nitrogens with one attached hydrogen (secondary N) is 1. The second kappa shape index (κ2) is 8.82. The Bertz CT molecular complexity index is 849. The highest BCUT2D eigenvalue weighted by Gasteiger charge is 2.11. The molecule has 2 aromatic carbocycles. The second-order valence-corrected chi connectivity index (χ2v) is 6.09. The number of rotatable bonds is 7. The zero-order chi connectivity index (χ0) is 16.9. The van der Waals surface area contributed by atoms with E-state index in [4.69, 9.17) is 9.47 Å². The van der Waals surface area contributed by atoms with Gasteiger partial charge < -0.3 is 31.8 Å². The number of nitrogens with zero attached hydrogens (tertiary/aromatic N) is 1. The van der Waals surface area contributed by atoms with E-state index in [0.717, 1.165) is 21.7 Å². The van der Waals surface area contributed by atoms with Crippen molar-refractivity contribution in [3.63, 3.8) is 0 Å². The highest BCUT2D eigenvalue weighted by atomic mass is 79.9. The Morgan fingerprint density at radius 1 is 1.20 bits per heavy atom. The normalized spacial score (nSPS) is 10.2. The summed E-state index contributed by atoms with van der Waals surface area (Å²) in [4.78, 5) is 16.8. The smallest absolute Gasteiger partial charge is 0.184 e. The van der Waals surface area contributed by atoms with Crippen LogP contribution in [0, 0.1) is 0 Å². The summed E-state index contributed by atoms with van der Waals surface area (Å²) >= 11 is 1.51. The maximum atomic E-state index is 12.3. The quantitative estimate of drug-likeness (QED) is 0.576. The van der Waals surface area contributed by atoms with Crippen molar-refractivity contribution < 1.29 is 31.2 Å². The van der Waals surface area contributed by atoms with Gasteiger partial charge in [-0.2, -0.15) is 0 Å². The van der Waals surface area contributed by atoms with E-state index in [2.05, 4.69) is 10.3 Å². The minimum absolute atomic E-state index is 0. The van der Waals surface area contributed by atoms with Crippen LogP contribution in [-0.4, -0.2) is 31.0 Å². The van der Waals surface area contributed by atoms with Crippen LogP contribution in [0.1, 0.15) is 17.3 Å². The van der Waals surface area contributed by atoms with Crippen LogP contribution in [0.25, 0.3) is 10.2 Å². The van der Waals surface area contributed by atoms with Crippen molar-refractivity contribution in [3.8, 4) is 11.5 Å². The average Bonchev–Trinajstić information content (AvgIpc) is 3.04. The van der Waals surface area contributed by atoms with Crippen LogP contribution < -0.4 is 31.8 Å². The van der Waals surface area contributed by atoms with Gasteiger partial charge in [0.1, 0.15) is 17.0 Å². The zero-order valence-electron chi connectivity index (χ0n) is 13.9. The van der Waals surface area contributed by atoms with Gasteiger partial charge in [-0.3, -0.25) is 4.79 Å². The summed E-state index contributed by atoms with van der Waals surface area (Å²) in [7, 11) is 1.60. The SMILES string of the molecule is CCOc1cccc2sc(NCC(=O)c3ccc(OC)cc3)nc12.[Br-]. The van der Waals surface area contributed by atoms with Crippen molar-refractivity contribution in [1.29, 1.82) is 0 Å². The molecule has 5 nitrogen and oxygen atoms in total. The monoisotopic (exact) mass is 421 g/mol. The largest absolute Gasteiger partial charge is 1.00 e. The topological polar surface area (TPSA) is 60.5 Å². The molecule has 0 saturated carbocycles. The van der Waals surface area contributed by atoms with Crippen LogP contribution in [0.2, 0.25) is 0 Å². The Labute approximate surface area is 160 Å². The maximum Gasteiger partial charge on any atom is 0.184 e. The number of thiazole rings is 1. The molecular formula is C18H18BrN2O3S-. The Hall–Kier alpha value is -2.12. The predicted octanol–water partition coefficient (Wildman–Crippen LogP) is 1.00. The molecule has 3 aromatic rings. The molecule has 0 spiro atoms. The number of halogens is 1. The number of carbonyl (C=O) groups excluding carboxylic acids is 1. The molecule has 3 rings (SSSR count). The van der Waals surface area contributed by atoms with Crippen LogP contribution in [0.5, 0.6) is 11.5 Å². The fourth-order valence-electron chi connectivity index (χ4n) is 2.31. The van der Waals surface area contributed by atoms with Crippen molar-refractivity contribution in [2.24, 2.45) is 0 Å². The number of methoxy groups -OCH3 is 1. The average molecular weight is 422 g/mol. The van der Waals surface area contributed by atoms with Crippen LogP contribution in [-0.2, 0) is 0 Å². The van der Waals surface area contributed by atoms with E-state index < -0.39 is 0 Å². The molecule has 0 unspecified atom stereocenters. The Morgan fingerprint density at radius 2 is 1.96 bits per heavy atom. The molecule has 1 heterocycles. The fourth-order valence-corrected chi connectivity index (χ4v) is 3.18. The number of Topliss-reactive ketones (excluding diaryl/α,β-unsaturated/α-hetero) is 1. The van der Waals surface area contributed by atoms with E-state index in [0.29, 0.717) is 17.3 Å². The maximum absolute atomic E-state index is 12.3. The number of hydrogen-bond donors (Lipinski definition) is 1. The minimum Gasteiger partial charge on any atom is -1.00 e. The van der Waals surface area contributed by atoms with Crippen molar-refractivity contribution in [2.45, 2.75) is 6.92 Å². The van der Waals surface area contributed by atoms with Crippen molar-refractivity contribution >= 4 is 32.5 Å². The Kier molecular flexibility index (Phi) is 6.78. The first-order chi connectivity index (χ1) is 11.7. The zero-order valence-corrected chi connectivity index (χ0v) is 16.3. The lowest BCUT2D eigenvalue weighted by Gasteiger charge is -2.04. The van der Waals surface area contributed by atoms with E-state index in [1.807, 2.05) is 25.1 Å². The molecule has 0 aliphatic heterocycles. The number of carbonyl (C=O) groups is 1. The molecule has 0 atom stereocenters. The van der Waals surface area contributed by atoms with E-state index in [-0.39, 0.29) is 29.3 Å². The molecule has 0 aliphatic carbocycles. The summed E-state index contributed by atoms with van der Waals surface area (Å²) in [6, 6.07) is 12.9. The van der Waals surface area contributed by atoms with Crippen LogP contribution in [0.4, 0.5) is 5.13 Å². The lowest BCUT2D eigenvalue weighted by Crippen LogP contribution is -3.00. The first kappa shape index (κ1) is 19.2. The van der Waals surface area contributed by atoms with E-state index in [1.165, 1.54) is 11.3 Å². The molecule has 0 aliphatic rings. The predicted molar refractivity (Wildman–Crippen MR) is 96.6 cm³/mol. The van der Waals surface area contributed by atoms with E-state index >= 15 is 0 Å². The third-order valence-corrected chi connectivity index (χ3v) is 4.47. The standard InChI is InChI=1S/C18H18N2O3S.BrH/c1-3-23-15-5-4-6-16-17(15)20-18(24-16)19-11-14(21)12-7-9-13(22-2)10-8-12;/h4-10H,3,11H2,1-2H3,(H,19,20);1H/p-1. The number of anilines is 1. The molecule has 0 radical (unpaired) electrons. The molecule has 0 amide bonds. The molecule has 25 heavy (non-hydrogen) atoms. The van der Waals surface area contributed by atoms with Crippen LogP contribution in [0.3, 0.4) is 0 Å². The van der Waals surface area contributed by atoms with Gasteiger partial charge in [0.2, 0.25) is 0 Å². The third-order valence-electron chi connectivity index (χ3n) is 3.49. The second-order valence-electron chi connectivity index (χ2n) is 5.06. The molecule has 132 valence electrons. The van der Waals surface area contributed by atoms with E-state index in [9.17, 15) is 4.79 Å². The van der Waals surface area contributed by atoms with Gasteiger partial charge in [0, 0.05) is 5.56 Å². The first-order valence-corrected chi connectivity index (χ1v) is 8.46. The molecule has 1 N–H and O–H groups in total. The molecule has 1 aromatic heterocycles. The fraction of sp³-hybridized carbons (Fsp3) is 0.222. The lowest BCUT2D eigenvalue weighted by molar-refractivity contribution is -0.0000133. The van der Waals surface area contributed by atoms with Crippen molar-refractivity contribution in [1.82, 2.24) is 4.98 Å². The number of aromatic nitrogens is 1. The number of fused-ring (bicyclic) bond motifs is 1. The molecular weight excluding hydrogens is 404 g/mol. The van der Waals surface area contributed by atoms with Gasteiger partial charge in [0.05, 0.1) is 25.0 Å². The van der Waals surface area contributed by atoms with Gasteiger partial charge in [-0.05, 0) is 43.3 Å². The number of benzene rings is 2. The van der Waals surface area contributed by atoms with Gasteiger partial charge in [-0.25, -0.2) is 4.98 Å². The summed E-state index contributed by atoms with van der Waals surface area (Å²) < 4.78 is 11.7. The van der Waals surface area contributed by atoms with Gasteiger partial charge in [0.25, 0.3) is 0 Å². The number of hydrogen-bond acceptors (Lipinski definition) is 6. The third kappa shape index (κ3) is 4.49. The minimum atomic E-state index is 0. The van der Waals surface area contributed by atoms with Gasteiger partial charge in [-0.1, -0.05) is 17.4 Å². The first-order valence-electron chi connectivity index (χ1n) is 7.64. The molecule has 7 heteroatoms. The summed E-state index contributed by atoms with van der Waals surface area (Å²) in [6.45, 7) is 2.73. The Balaban J connectivity index is 0.00000225. The summed E-state index contributed by atoms with van der Waals surface area (Å²) in [5.41, 5.74) is 1.46. The Morgan fingerprint density at radius 3 is 2.64 bits per heavy atom. The summed E-state index contributed by atoms with van der Waals surface area (Å²) in [6.07, 6.45) is 0. The van der Waals surface area contributed by atoms with Gasteiger partial charge in [-0.15, -0.1) is 0 Å². The highest BCUT2D eigenvalue weighted by Crippen LogP contribution is 2.32. The molecule has 0 fully saturated rings. The lowest BCUT2D eigenvalue weighted by atomic mass is 10.1. The van der Waals surface area contributed by atoms with Crippen molar-refractivity contribution in [3.05, 3.63) is 48.0 Å². The summed E-state index contributed by atoms with van der Waals surface area (Å²) in [5, 5.41) is 3.81. The number of ether oxygens (including phenoxy) is 2. The highest BCUT2D eigenvalue weighted by molar-refractivity contribution is 7.22. The van der Waals surface area contributed by atoms with Gasteiger partial charge >= 0.3 is 0 Å². The molecule has 0 bridgehead atoms. The van der Waals surface area contributed by atoms with E-state index in [1.54, 1.807) is 31.4 Å². The number of ketones is 1.